The van der Waals surface area contributed by atoms with Crippen LogP contribution >= 0.6 is 11.6 Å². The number of hydrogen-bond acceptors (Lipinski definition) is 2. The lowest BCUT2D eigenvalue weighted by Gasteiger charge is -2.07. The lowest BCUT2D eigenvalue weighted by molar-refractivity contribution is -0.858. The molecular weight excluding hydrogens is 238 g/mol. The molecule has 0 amide bonds. The number of rotatable bonds is 6. The van der Waals surface area contributed by atoms with Gasteiger partial charge >= 0.3 is 5.97 Å². The third-order valence-electron chi connectivity index (χ3n) is 2.35. The second-order valence-corrected chi connectivity index (χ2v) is 4.77. The molecule has 0 bridgehead atoms. The SMILES string of the molecule is C[NH+](C)CCCOC(=O)Cc1ccc(Cl)cc1. The van der Waals surface area contributed by atoms with Crippen molar-refractivity contribution in [3.8, 4) is 0 Å². The molecule has 0 heterocycles. The fourth-order valence-electron chi connectivity index (χ4n) is 1.43. The summed E-state index contributed by atoms with van der Waals surface area (Å²) in [5.74, 6) is -0.180. The monoisotopic (exact) mass is 256 g/mol. The first-order valence-electron chi connectivity index (χ1n) is 5.77. The van der Waals surface area contributed by atoms with Gasteiger partial charge in [-0.3, -0.25) is 4.79 Å². The molecule has 0 saturated carbocycles. The minimum Gasteiger partial charge on any atom is -0.465 e. The number of quaternary nitrogens is 1. The molecule has 1 aromatic carbocycles. The Bertz CT molecular complexity index is 349. The Kier molecular flexibility index (Phi) is 6.01. The fraction of sp³-hybridized carbons (Fsp3) is 0.462. The van der Waals surface area contributed by atoms with Crippen molar-refractivity contribution in [2.45, 2.75) is 12.8 Å². The molecule has 0 aliphatic carbocycles. The maximum atomic E-state index is 11.5. The van der Waals surface area contributed by atoms with E-state index in [-0.39, 0.29) is 5.97 Å². The van der Waals surface area contributed by atoms with E-state index in [0.717, 1.165) is 18.5 Å². The smallest absolute Gasteiger partial charge is 0.310 e. The van der Waals surface area contributed by atoms with Crippen LogP contribution in [-0.4, -0.2) is 33.2 Å². The van der Waals surface area contributed by atoms with Gasteiger partial charge in [0.25, 0.3) is 0 Å². The van der Waals surface area contributed by atoms with Crippen molar-refractivity contribution < 1.29 is 14.4 Å². The molecule has 3 nitrogen and oxygen atoms in total. The Hall–Kier alpha value is -1.06. The number of ether oxygens (including phenoxy) is 1. The average molecular weight is 257 g/mol. The molecule has 0 atom stereocenters. The van der Waals surface area contributed by atoms with Gasteiger partial charge in [-0.05, 0) is 17.7 Å². The minimum atomic E-state index is -0.180. The summed E-state index contributed by atoms with van der Waals surface area (Å²) in [6.45, 7) is 1.51. The molecule has 0 unspecified atom stereocenters. The molecule has 0 radical (unpaired) electrons. The van der Waals surface area contributed by atoms with Crippen LogP contribution in [0.5, 0.6) is 0 Å². The van der Waals surface area contributed by atoms with Crippen molar-refractivity contribution in [3.05, 3.63) is 34.9 Å². The largest absolute Gasteiger partial charge is 0.465 e. The summed E-state index contributed by atoms with van der Waals surface area (Å²) in [6, 6.07) is 7.24. The maximum Gasteiger partial charge on any atom is 0.310 e. The van der Waals surface area contributed by atoms with Crippen LogP contribution in [0.25, 0.3) is 0 Å². The summed E-state index contributed by atoms with van der Waals surface area (Å²) >= 11 is 5.76. The fourth-order valence-corrected chi connectivity index (χ4v) is 1.56. The van der Waals surface area contributed by atoms with Crippen LogP contribution in [0.3, 0.4) is 0 Å². The van der Waals surface area contributed by atoms with Gasteiger partial charge in [-0.25, -0.2) is 0 Å². The third-order valence-corrected chi connectivity index (χ3v) is 2.60. The van der Waals surface area contributed by atoms with Crippen molar-refractivity contribution in [2.75, 3.05) is 27.2 Å². The Labute approximate surface area is 107 Å². The van der Waals surface area contributed by atoms with Crippen molar-refractivity contribution in [1.29, 1.82) is 0 Å². The molecule has 1 rings (SSSR count). The Morgan fingerprint density at radius 1 is 1.29 bits per heavy atom. The molecule has 17 heavy (non-hydrogen) atoms. The van der Waals surface area contributed by atoms with Crippen molar-refractivity contribution in [3.63, 3.8) is 0 Å². The highest BCUT2D eigenvalue weighted by atomic mass is 35.5. The van der Waals surface area contributed by atoms with Gasteiger partial charge in [0.15, 0.2) is 0 Å². The van der Waals surface area contributed by atoms with Crippen LogP contribution in [0.4, 0.5) is 0 Å². The Balaban J connectivity index is 2.23. The molecule has 0 aliphatic heterocycles. The van der Waals surface area contributed by atoms with Crippen LogP contribution in [0.2, 0.25) is 5.02 Å². The first kappa shape index (κ1) is 14.0. The van der Waals surface area contributed by atoms with E-state index in [4.69, 9.17) is 16.3 Å². The highest BCUT2D eigenvalue weighted by molar-refractivity contribution is 6.30. The van der Waals surface area contributed by atoms with Crippen LogP contribution in [-0.2, 0) is 16.0 Å². The van der Waals surface area contributed by atoms with Gasteiger partial charge in [-0.2, -0.15) is 0 Å². The number of nitrogens with one attached hydrogen (secondary N) is 1. The number of carbonyl (C=O) groups excluding carboxylic acids is 1. The van der Waals surface area contributed by atoms with Crippen molar-refractivity contribution in [1.82, 2.24) is 0 Å². The zero-order valence-corrected chi connectivity index (χ0v) is 11.1. The van der Waals surface area contributed by atoms with E-state index in [1.165, 1.54) is 4.90 Å². The average Bonchev–Trinajstić information content (AvgIpc) is 2.27. The van der Waals surface area contributed by atoms with Crippen LogP contribution in [0, 0.1) is 0 Å². The molecule has 0 saturated heterocycles. The number of carbonyl (C=O) groups is 1. The van der Waals surface area contributed by atoms with Gasteiger partial charge in [0.2, 0.25) is 0 Å². The Morgan fingerprint density at radius 3 is 2.53 bits per heavy atom. The summed E-state index contributed by atoms with van der Waals surface area (Å²) in [5.41, 5.74) is 0.928. The van der Waals surface area contributed by atoms with E-state index in [2.05, 4.69) is 14.1 Å². The second kappa shape index (κ2) is 7.30. The second-order valence-electron chi connectivity index (χ2n) is 4.33. The first-order valence-corrected chi connectivity index (χ1v) is 6.15. The zero-order valence-electron chi connectivity index (χ0n) is 10.3. The standard InChI is InChI=1S/C13H18ClNO2/c1-15(2)8-3-9-17-13(16)10-11-4-6-12(14)7-5-11/h4-7H,3,8-10H2,1-2H3/p+1. The molecule has 0 aliphatic rings. The van der Waals surface area contributed by atoms with Crippen LogP contribution in [0.1, 0.15) is 12.0 Å². The summed E-state index contributed by atoms with van der Waals surface area (Å²) in [4.78, 5) is 12.8. The predicted molar refractivity (Wildman–Crippen MR) is 68.4 cm³/mol. The molecule has 1 N–H and O–H groups in total. The van der Waals surface area contributed by atoms with Gasteiger partial charge in [0.1, 0.15) is 0 Å². The molecule has 0 aromatic heterocycles. The van der Waals surface area contributed by atoms with E-state index in [9.17, 15) is 4.79 Å². The summed E-state index contributed by atoms with van der Waals surface area (Å²) in [5, 5.41) is 0.677. The lowest BCUT2D eigenvalue weighted by Crippen LogP contribution is -3.05. The normalized spacial score (nSPS) is 10.6. The number of halogens is 1. The van der Waals surface area contributed by atoms with E-state index in [1.807, 2.05) is 12.1 Å². The maximum absolute atomic E-state index is 11.5. The van der Waals surface area contributed by atoms with E-state index >= 15 is 0 Å². The molecule has 0 spiro atoms. The van der Waals surface area contributed by atoms with Gasteiger partial charge in [0, 0.05) is 11.4 Å². The highest BCUT2D eigenvalue weighted by Crippen LogP contribution is 2.10. The summed E-state index contributed by atoms with van der Waals surface area (Å²) < 4.78 is 5.14. The van der Waals surface area contributed by atoms with Crippen LogP contribution < -0.4 is 4.90 Å². The van der Waals surface area contributed by atoms with Gasteiger partial charge in [0.05, 0.1) is 33.7 Å². The molecular formula is C13H19ClNO2+. The molecule has 1 aromatic rings. The summed E-state index contributed by atoms with van der Waals surface area (Å²) in [6.07, 6.45) is 1.21. The topological polar surface area (TPSA) is 30.7 Å². The van der Waals surface area contributed by atoms with Gasteiger partial charge in [-0.1, -0.05) is 23.7 Å². The van der Waals surface area contributed by atoms with Gasteiger partial charge in [-0.15, -0.1) is 0 Å². The number of benzene rings is 1. The van der Waals surface area contributed by atoms with E-state index < -0.39 is 0 Å². The van der Waals surface area contributed by atoms with E-state index in [1.54, 1.807) is 12.1 Å². The third kappa shape index (κ3) is 6.29. The lowest BCUT2D eigenvalue weighted by atomic mass is 10.1. The predicted octanol–water partition coefficient (Wildman–Crippen LogP) is 0.960. The van der Waals surface area contributed by atoms with Crippen molar-refractivity contribution in [2.24, 2.45) is 0 Å². The molecule has 4 heteroatoms. The van der Waals surface area contributed by atoms with Crippen molar-refractivity contribution >= 4 is 17.6 Å². The quantitative estimate of drug-likeness (QED) is 0.607. The van der Waals surface area contributed by atoms with Crippen LogP contribution in [0.15, 0.2) is 24.3 Å². The summed E-state index contributed by atoms with van der Waals surface area (Å²) in [7, 11) is 4.16. The van der Waals surface area contributed by atoms with Gasteiger partial charge < -0.3 is 9.64 Å². The highest BCUT2D eigenvalue weighted by Gasteiger charge is 2.05. The van der Waals surface area contributed by atoms with E-state index in [0.29, 0.717) is 18.1 Å². The minimum absolute atomic E-state index is 0.180. The first-order chi connectivity index (χ1) is 8.08. The molecule has 0 fully saturated rings. The molecule has 94 valence electrons. The Morgan fingerprint density at radius 2 is 1.94 bits per heavy atom. The zero-order chi connectivity index (χ0) is 12.7. The number of hydrogen-bond donors (Lipinski definition) is 1. The number of esters is 1.